The Kier molecular flexibility index (Phi) is 8.95. The van der Waals surface area contributed by atoms with Gasteiger partial charge in [-0.2, -0.15) is 0 Å². The number of rotatable bonds is 5. The standard InChI is InChI=1S/C15H24N4O2.HI/c16-15(19-12-6-3-1-2-4-7-12)18-10-9-17-14(20)13-8-5-11-21-13;/h5,8,11-12H,1-4,6-7,9-10H2,(H,17,20)(H3,16,18,19);1H. The minimum Gasteiger partial charge on any atom is -0.459 e. The van der Waals surface area contributed by atoms with Crippen molar-refractivity contribution < 1.29 is 9.21 Å². The van der Waals surface area contributed by atoms with Crippen LogP contribution in [0.15, 0.2) is 27.8 Å². The van der Waals surface area contributed by atoms with Crippen molar-refractivity contribution in [3.63, 3.8) is 0 Å². The Hall–Kier alpha value is -1.25. The molecule has 1 aromatic rings. The number of nitrogens with zero attached hydrogens (tertiary/aromatic N) is 1. The number of hydrogen-bond donors (Lipinski definition) is 3. The first kappa shape index (κ1) is 18.8. The molecule has 0 saturated heterocycles. The van der Waals surface area contributed by atoms with Gasteiger partial charge in [0.25, 0.3) is 5.91 Å². The Morgan fingerprint density at radius 3 is 2.68 bits per heavy atom. The highest BCUT2D eigenvalue weighted by Gasteiger charge is 2.12. The fourth-order valence-electron chi connectivity index (χ4n) is 2.52. The monoisotopic (exact) mass is 420 g/mol. The highest BCUT2D eigenvalue weighted by atomic mass is 127. The molecule has 0 atom stereocenters. The quantitative estimate of drug-likeness (QED) is 0.224. The van der Waals surface area contributed by atoms with Crippen LogP contribution in [0.5, 0.6) is 0 Å². The molecule has 22 heavy (non-hydrogen) atoms. The van der Waals surface area contributed by atoms with E-state index in [-0.39, 0.29) is 29.9 Å². The summed E-state index contributed by atoms with van der Waals surface area (Å²) >= 11 is 0. The topological polar surface area (TPSA) is 92.6 Å². The number of carbonyl (C=O) groups excluding carboxylic acids is 1. The molecule has 0 bridgehead atoms. The van der Waals surface area contributed by atoms with E-state index in [9.17, 15) is 4.79 Å². The summed E-state index contributed by atoms with van der Waals surface area (Å²) in [6.07, 6.45) is 8.93. The fraction of sp³-hybridized carbons (Fsp3) is 0.600. The molecule has 4 N–H and O–H groups in total. The Morgan fingerprint density at radius 1 is 1.32 bits per heavy atom. The van der Waals surface area contributed by atoms with Crippen molar-refractivity contribution in [3.05, 3.63) is 24.2 Å². The molecular weight excluding hydrogens is 395 g/mol. The van der Waals surface area contributed by atoms with Gasteiger partial charge >= 0.3 is 0 Å². The van der Waals surface area contributed by atoms with Gasteiger partial charge in [-0.25, -0.2) is 0 Å². The third-order valence-corrected chi connectivity index (χ3v) is 3.63. The van der Waals surface area contributed by atoms with Gasteiger partial charge in [0.2, 0.25) is 0 Å². The lowest BCUT2D eigenvalue weighted by Crippen LogP contribution is -2.40. The van der Waals surface area contributed by atoms with Crippen LogP contribution in [0.2, 0.25) is 0 Å². The average Bonchev–Trinajstić information content (AvgIpc) is 2.90. The SMILES string of the molecule is I.NC(=NCCNC(=O)c1ccco1)NC1CCCCCC1. The average molecular weight is 420 g/mol. The Balaban J connectivity index is 0.00000242. The zero-order valence-electron chi connectivity index (χ0n) is 12.7. The second-order valence-electron chi connectivity index (χ2n) is 5.33. The summed E-state index contributed by atoms with van der Waals surface area (Å²) in [5, 5.41) is 6.00. The summed E-state index contributed by atoms with van der Waals surface area (Å²) in [5.41, 5.74) is 5.87. The first-order valence-corrected chi connectivity index (χ1v) is 7.64. The zero-order valence-corrected chi connectivity index (χ0v) is 15.0. The number of aliphatic imine (C=N–C) groups is 1. The number of nitrogens with two attached hydrogens (primary N) is 1. The van der Waals surface area contributed by atoms with E-state index >= 15 is 0 Å². The molecule has 1 aliphatic carbocycles. The summed E-state index contributed by atoms with van der Waals surface area (Å²) in [6, 6.07) is 3.75. The lowest BCUT2D eigenvalue weighted by molar-refractivity contribution is 0.0927. The summed E-state index contributed by atoms with van der Waals surface area (Å²) in [4.78, 5) is 15.8. The van der Waals surface area contributed by atoms with Crippen LogP contribution in [0.3, 0.4) is 0 Å². The molecule has 1 heterocycles. The molecule has 1 aromatic heterocycles. The Labute approximate surface area is 148 Å². The van der Waals surface area contributed by atoms with Crippen LogP contribution < -0.4 is 16.4 Å². The van der Waals surface area contributed by atoms with E-state index in [4.69, 9.17) is 10.2 Å². The van der Waals surface area contributed by atoms with Gasteiger partial charge in [0.15, 0.2) is 11.7 Å². The second kappa shape index (κ2) is 10.5. The molecule has 0 radical (unpaired) electrons. The minimum atomic E-state index is -0.231. The van der Waals surface area contributed by atoms with Crippen LogP contribution in [-0.2, 0) is 0 Å². The predicted octanol–water partition coefficient (Wildman–Crippen LogP) is 2.25. The van der Waals surface area contributed by atoms with Crippen LogP contribution in [0, 0.1) is 0 Å². The molecule has 1 aliphatic rings. The number of guanidine groups is 1. The highest BCUT2D eigenvalue weighted by molar-refractivity contribution is 14.0. The maximum Gasteiger partial charge on any atom is 0.287 e. The summed E-state index contributed by atoms with van der Waals surface area (Å²) in [5.74, 6) is 0.545. The lowest BCUT2D eigenvalue weighted by Gasteiger charge is -2.16. The van der Waals surface area contributed by atoms with E-state index < -0.39 is 0 Å². The fourth-order valence-corrected chi connectivity index (χ4v) is 2.52. The van der Waals surface area contributed by atoms with E-state index in [1.165, 1.54) is 31.9 Å². The minimum absolute atomic E-state index is 0. The zero-order chi connectivity index (χ0) is 14.9. The molecule has 7 heteroatoms. The first-order chi connectivity index (χ1) is 10.3. The van der Waals surface area contributed by atoms with E-state index in [1.54, 1.807) is 12.1 Å². The number of nitrogens with one attached hydrogen (secondary N) is 2. The number of carbonyl (C=O) groups is 1. The molecule has 1 amide bonds. The third-order valence-electron chi connectivity index (χ3n) is 3.63. The maximum atomic E-state index is 11.6. The molecular formula is C15H25IN4O2. The van der Waals surface area contributed by atoms with Gasteiger partial charge in [-0.15, -0.1) is 24.0 Å². The van der Waals surface area contributed by atoms with Gasteiger partial charge in [-0.1, -0.05) is 25.7 Å². The van der Waals surface area contributed by atoms with E-state index in [0.29, 0.717) is 30.9 Å². The normalized spacial score (nSPS) is 16.5. The van der Waals surface area contributed by atoms with Crippen LogP contribution in [-0.4, -0.2) is 31.0 Å². The maximum absolute atomic E-state index is 11.6. The van der Waals surface area contributed by atoms with Crippen LogP contribution >= 0.6 is 24.0 Å². The Bertz CT molecular complexity index is 454. The van der Waals surface area contributed by atoms with Crippen molar-refractivity contribution in [2.45, 2.75) is 44.6 Å². The van der Waals surface area contributed by atoms with Gasteiger partial charge in [-0.3, -0.25) is 9.79 Å². The third kappa shape index (κ3) is 6.67. The molecule has 1 fully saturated rings. The molecule has 6 nitrogen and oxygen atoms in total. The lowest BCUT2D eigenvalue weighted by atomic mass is 10.1. The smallest absolute Gasteiger partial charge is 0.287 e. The van der Waals surface area contributed by atoms with Crippen molar-refractivity contribution in [2.75, 3.05) is 13.1 Å². The molecule has 2 rings (SSSR count). The van der Waals surface area contributed by atoms with E-state index in [2.05, 4.69) is 15.6 Å². The van der Waals surface area contributed by atoms with Gasteiger partial charge in [0.1, 0.15) is 0 Å². The molecule has 1 saturated carbocycles. The van der Waals surface area contributed by atoms with Crippen LogP contribution in [0.1, 0.15) is 49.1 Å². The molecule has 0 aliphatic heterocycles. The van der Waals surface area contributed by atoms with Crippen molar-refractivity contribution in [2.24, 2.45) is 10.7 Å². The van der Waals surface area contributed by atoms with Crippen molar-refractivity contribution in [1.29, 1.82) is 0 Å². The van der Waals surface area contributed by atoms with E-state index in [0.717, 1.165) is 12.8 Å². The molecule has 0 spiro atoms. The summed E-state index contributed by atoms with van der Waals surface area (Å²) in [7, 11) is 0. The summed E-state index contributed by atoms with van der Waals surface area (Å²) in [6.45, 7) is 0.893. The van der Waals surface area contributed by atoms with Crippen LogP contribution in [0.25, 0.3) is 0 Å². The molecule has 0 aromatic carbocycles. The number of hydrogen-bond acceptors (Lipinski definition) is 3. The first-order valence-electron chi connectivity index (χ1n) is 7.64. The number of halogens is 1. The molecule has 0 unspecified atom stereocenters. The van der Waals surface area contributed by atoms with Crippen molar-refractivity contribution in [3.8, 4) is 0 Å². The van der Waals surface area contributed by atoms with Crippen molar-refractivity contribution in [1.82, 2.24) is 10.6 Å². The number of furan rings is 1. The van der Waals surface area contributed by atoms with Gasteiger partial charge in [0, 0.05) is 12.6 Å². The van der Waals surface area contributed by atoms with Crippen LogP contribution in [0.4, 0.5) is 0 Å². The Morgan fingerprint density at radius 2 is 2.05 bits per heavy atom. The second-order valence-corrected chi connectivity index (χ2v) is 5.33. The molecule has 124 valence electrons. The van der Waals surface area contributed by atoms with Gasteiger partial charge in [0.05, 0.1) is 12.8 Å². The largest absolute Gasteiger partial charge is 0.459 e. The predicted molar refractivity (Wildman–Crippen MR) is 97.6 cm³/mol. The summed E-state index contributed by atoms with van der Waals surface area (Å²) < 4.78 is 5.00. The van der Waals surface area contributed by atoms with E-state index in [1.807, 2.05) is 0 Å². The van der Waals surface area contributed by atoms with Crippen molar-refractivity contribution >= 4 is 35.8 Å². The van der Waals surface area contributed by atoms with Gasteiger partial charge in [-0.05, 0) is 25.0 Å². The van der Waals surface area contributed by atoms with Gasteiger partial charge < -0.3 is 20.8 Å². The highest BCUT2D eigenvalue weighted by Crippen LogP contribution is 2.16. The number of amides is 1.